The molecule has 0 atom stereocenters. The maximum absolute atomic E-state index is 13.2. The lowest BCUT2D eigenvalue weighted by atomic mass is 10.1. The van der Waals surface area contributed by atoms with Crippen LogP contribution in [0.2, 0.25) is 0 Å². The predicted molar refractivity (Wildman–Crippen MR) is 77.2 cm³/mol. The molecule has 18 heavy (non-hydrogen) atoms. The molecule has 0 amide bonds. The van der Waals surface area contributed by atoms with Crippen LogP contribution in [0.1, 0.15) is 11.1 Å². The third-order valence-electron chi connectivity index (χ3n) is 2.71. The lowest BCUT2D eigenvalue weighted by Gasteiger charge is -2.20. The Morgan fingerprint density at radius 2 is 1.94 bits per heavy atom. The van der Waals surface area contributed by atoms with E-state index < -0.39 is 0 Å². The van der Waals surface area contributed by atoms with Crippen LogP contribution in [0.5, 0.6) is 0 Å². The number of hydrogen-bond donors (Lipinski definition) is 1. The van der Waals surface area contributed by atoms with Gasteiger partial charge in [0.25, 0.3) is 0 Å². The van der Waals surface area contributed by atoms with Crippen molar-refractivity contribution in [2.75, 3.05) is 34.2 Å². The Morgan fingerprint density at radius 1 is 1.28 bits per heavy atom. The van der Waals surface area contributed by atoms with Gasteiger partial charge in [0.2, 0.25) is 0 Å². The van der Waals surface area contributed by atoms with E-state index >= 15 is 0 Å². The van der Waals surface area contributed by atoms with Crippen LogP contribution < -0.4 is 5.73 Å². The molecule has 0 aliphatic rings. The summed E-state index contributed by atoms with van der Waals surface area (Å²) in [4.78, 5) is 4.52. The van der Waals surface area contributed by atoms with Crippen LogP contribution in [0.15, 0.2) is 18.2 Å². The van der Waals surface area contributed by atoms with Gasteiger partial charge in [-0.3, -0.25) is 0 Å². The van der Waals surface area contributed by atoms with E-state index in [4.69, 9.17) is 18.0 Å². The summed E-state index contributed by atoms with van der Waals surface area (Å²) in [7, 11) is 6.09. The van der Waals surface area contributed by atoms with Crippen LogP contribution in [-0.2, 0) is 6.54 Å². The Bertz CT molecular complexity index is 421. The van der Waals surface area contributed by atoms with Crippen LogP contribution >= 0.6 is 12.2 Å². The summed E-state index contributed by atoms with van der Waals surface area (Å²) < 4.78 is 13.2. The maximum atomic E-state index is 13.2. The van der Waals surface area contributed by atoms with Crippen LogP contribution in [0.4, 0.5) is 4.39 Å². The smallest absolute Gasteiger partial charge is 0.123 e. The van der Waals surface area contributed by atoms with Crippen molar-refractivity contribution >= 4 is 17.2 Å². The van der Waals surface area contributed by atoms with Gasteiger partial charge in [-0.2, -0.15) is 0 Å². The number of halogens is 1. The maximum Gasteiger partial charge on any atom is 0.123 e. The Morgan fingerprint density at radius 3 is 2.50 bits per heavy atom. The van der Waals surface area contributed by atoms with Crippen molar-refractivity contribution in [3.05, 3.63) is 35.1 Å². The first kappa shape index (κ1) is 15.0. The molecule has 0 fully saturated rings. The first-order valence-electron chi connectivity index (χ1n) is 5.81. The molecule has 0 saturated heterocycles. The Balaban J connectivity index is 2.74. The second-order valence-electron chi connectivity index (χ2n) is 4.71. The summed E-state index contributed by atoms with van der Waals surface area (Å²) in [5.41, 5.74) is 7.21. The summed E-state index contributed by atoms with van der Waals surface area (Å²) in [6.45, 7) is 2.61. The van der Waals surface area contributed by atoms with Crippen molar-refractivity contribution in [2.24, 2.45) is 5.73 Å². The lowest BCUT2D eigenvalue weighted by Crippen LogP contribution is -2.29. The molecule has 0 aliphatic heterocycles. The Kier molecular flexibility index (Phi) is 5.65. The number of hydrogen-bond acceptors (Lipinski definition) is 3. The average Bonchev–Trinajstić information content (AvgIpc) is 2.28. The predicted octanol–water partition coefficient (Wildman–Crippen LogP) is 1.45. The highest BCUT2D eigenvalue weighted by molar-refractivity contribution is 7.80. The molecule has 0 aromatic heterocycles. The molecule has 3 nitrogen and oxygen atoms in total. The number of likely N-dealkylation sites (N-methyl/N-ethyl adjacent to an activating group) is 2. The number of nitrogens with two attached hydrogens (primary N) is 1. The standard InChI is InChI=1S/C13H20FN3S/c1-16(2)6-7-17(3)9-10-4-5-11(14)8-12(10)13(15)18/h4-5,8H,6-7,9H2,1-3H3,(H2,15,18). The number of nitrogens with zero attached hydrogens (tertiary/aromatic N) is 2. The third kappa shape index (κ3) is 4.68. The van der Waals surface area contributed by atoms with Crippen LogP contribution in [0.25, 0.3) is 0 Å². The second-order valence-corrected chi connectivity index (χ2v) is 5.15. The molecule has 0 unspecified atom stereocenters. The fourth-order valence-electron chi connectivity index (χ4n) is 1.66. The zero-order valence-corrected chi connectivity index (χ0v) is 11.9. The molecule has 0 aliphatic carbocycles. The molecule has 0 heterocycles. The van der Waals surface area contributed by atoms with Gasteiger partial charge < -0.3 is 15.5 Å². The topological polar surface area (TPSA) is 32.5 Å². The minimum atomic E-state index is -0.308. The molecule has 100 valence electrons. The Hall–Kier alpha value is -1.04. The van der Waals surface area contributed by atoms with Crippen LogP contribution in [0.3, 0.4) is 0 Å². The SMILES string of the molecule is CN(C)CCN(C)Cc1ccc(F)cc1C(N)=S. The van der Waals surface area contributed by atoms with Gasteiger partial charge in [-0.05, 0) is 38.8 Å². The van der Waals surface area contributed by atoms with E-state index in [9.17, 15) is 4.39 Å². The van der Waals surface area contributed by atoms with Crippen molar-refractivity contribution in [3.8, 4) is 0 Å². The van der Waals surface area contributed by atoms with Crippen molar-refractivity contribution in [1.82, 2.24) is 9.80 Å². The number of benzene rings is 1. The van der Waals surface area contributed by atoms with Gasteiger partial charge in [0.1, 0.15) is 10.8 Å². The van der Waals surface area contributed by atoms with Crippen molar-refractivity contribution in [1.29, 1.82) is 0 Å². The molecule has 1 aromatic carbocycles. The highest BCUT2D eigenvalue weighted by Gasteiger charge is 2.09. The molecule has 0 bridgehead atoms. The van der Waals surface area contributed by atoms with Gasteiger partial charge in [-0.1, -0.05) is 18.3 Å². The van der Waals surface area contributed by atoms with E-state index in [2.05, 4.69) is 9.80 Å². The fraction of sp³-hybridized carbons (Fsp3) is 0.462. The van der Waals surface area contributed by atoms with Crippen molar-refractivity contribution in [2.45, 2.75) is 6.54 Å². The number of thiocarbonyl (C=S) groups is 1. The van der Waals surface area contributed by atoms with Crippen molar-refractivity contribution in [3.63, 3.8) is 0 Å². The molecule has 0 radical (unpaired) electrons. The quantitative estimate of drug-likeness (QED) is 0.792. The van der Waals surface area contributed by atoms with Gasteiger partial charge >= 0.3 is 0 Å². The normalized spacial score (nSPS) is 11.2. The molecule has 1 rings (SSSR count). The molecule has 0 spiro atoms. The second kappa shape index (κ2) is 6.78. The zero-order chi connectivity index (χ0) is 13.7. The number of rotatable bonds is 6. The Labute approximate surface area is 113 Å². The van der Waals surface area contributed by atoms with Gasteiger partial charge in [-0.25, -0.2) is 4.39 Å². The lowest BCUT2D eigenvalue weighted by molar-refractivity contribution is 0.276. The van der Waals surface area contributed by atoms with Gasteiger partial charge in [0, 0.05) is 25.2 Å². The van der Waals surface area contributed by atoms with Crippen LogP contribution in [-0.4, -0.2) is 49.0 Å². The van der Waals surface area contributed by atoms with Gasteiger partial charge in [0.15, 0.2) is 0 Å². The van der Waals surface area contributed by atoms with E-state index in [1.807, 2.05) is 21.1 Å². The van der Waals surface area contributed by atoms with E-state index in [0.29, 0.717) is 12.1 Å². The first-order chi connectivity index (χ1) is 8.40. The van der Waals surface area contributed by atoms with E-state index in [0.717, 1.165) is 18.7 Å². The molecule has 2 N–H and O–H groups in total. The van der Waals surface area contributed by atoms with Crippen LogP contribution in [0, 0.1) is 5.82 Å². The third-order valence-corrected chi connectivity index (χ3v) is 2.93. The highest BCUT2D eigenvalue weighted by atomic mass is 32.1. The summed E-state index contributed by atoms with van der Waals surface area (Å²) >= 11 is 4.95. The first-order valence-corrected chi connectivity index (χ1v) is 6.22. The largest absolute Gasteiger partial charge is 0.389 e. The summed E-state index contributed by atoms with van der Waals surface area (Å²) in [5, 5.41) is 0. The van der Waals surface area contributed by atoms with Crippen molar-refractivity contribution < 1.29 is 4.39 Å². The summed E-state index contributed by atoms with van der Waals surface area (Å²) in [6, 6.07) is 4.59. The molecular formula is C13H20FN3S. The minimum Gasteiger partial charge on any atom is -0.389 e. The van der Waals surface area contributed by atoms with Gasteiger partial charge in [-0.15, -0.1) is 0 Å². The minimum absolute atomic E-state index is 0.241. The molecule has 0 saturated carbocycles. The molecular weight excluding hydrogens is 249 g/mol. The monoisotopic (exact) mass is 269 g/mol. The summed E-state index contributed by atoms with van der Waals surface area (Å²) in [6.07, 6.45) is 0. The molecule has 5 heteroatoms. The summed E-state index contributed by atoms with van der Waals surface area (Å²) in [5.74, 6) is -0.308. The fourth-order valence-corrected chi connectivity index (χ4v) is 1.85. The zero-order valence-electron chi connectivity index (χ0n) is 11.1. The highest BCUT2D eigenvalue weighted by Crippen LogP contribution is 2.13. The average molecular weight is 269 g/mol. The van der Waals surface area contributed by atoms with Gasteiger partial charge in [0.05, 0.1) is 0 Å². The van der Waals surface area contributed by atoms with E-state index in [1.54, 1.807) is 6.07 Å². The van der Waals surface area contributed by atoms with E-state index in [1.165, 1.54) is 12.1 Å². The molecule has 1 aromatic rings. The van der Waals surface area contributed by atoms with E-state index in [-0.39, 0.29) is 10.8 Å².